The van der Waals surface area contributed by atoms with Crippen molar-refractivity contribution in [2.75, 3.05) is 11.4 Å². The highest BCUT2D eigenvalue weighted by molar-refractivity contribution is 7.99. The average molecular weight is 499 g/mol. The number of fused-ring (bicyclic) bond motifs is 1. The summed E-state index contributed by atoms with van der Waals surface area (Å²) in [5.41, 5.74) is 4.45. The van der Waals surface area contributed by atoms with E-state index in [2.05, 4.69) is 18.9 Å². The molecule has 0 unspecified atom stereocenters. The highest BCUT2D eigenvalue weighted by Crippen LogP contribution is 2.34. The normalized spacial score (nSPS) is 11.5. The number of nitrogens with zero attached hydrogens (tertiary/aromatic N) is 4. The lowest BCUT2D eigenvalue weighted by Gasteiger charge is -2.20. The largest absolute Gasteiger partial charge is 0.282 e. The van der Waals surface area contributed by atoms with Crippen molar-refractivity contribution >= 4 is 56.0 Å². The molecule has 0 atom stereocenters. The van der Waals surface area contributed by atoms with Crippen LogP contribution in [0.15, 0.2) is 47.4 Å². The molecule has 1 amide bonds. The molecule has 5 nitrogen and oxygen atoms in total. The zero-order chi connectivity index (χ0) is 23.7. The van der Waals surface area contributed by atoms with Crippen LogP contribution in [0, 0.1) is 20.8 Å². The number of amides is 1. The first-order chi connectivity index (χ1) is 15.7. The van der Waals surface area contributed by atoms with E-state index in [1.54, 1.807) is 16.7 Å². The Morgan fingerprint density at radius 1 is 1.15 bits per heavy atom. The summed E-state index contributed by atoms with van der Waals surface area (Å²) in [5, 5.41) is 6.39. The van der Waals surface area contributed by atoms with Crippen LogP contribution in [0.3, 0.4) is 0 Å². The third-order valence-corrected chi connectivity index (χ3v) is 7.79. The fraction of sp³-hybridized carbons (Fsp3) is 0.320. The fourth-order valence-corrected chi connectivity index (χ4v) is 5.73. The number of thioether (sulfide) groups is 1. The molecule has 4 rings (SSSR count). The van der Waals surface area contributed by atoms with Crippen molar-refractivity contribution in [2.45, 2.75) is 51.3 Å². The zero-order valence-electron chi connectivity index (χ0n) is 19.4. The van der Waals surface area contributed by atoms with Crippen LogP contribution < -0.4 is 4.90 Å². The Bertz CT molecular complexity index is 1290. The number of anilines is 1. The maximum Gasteiger partial charge on any atom is 0.260 e. The lowest BCUT2D eigenvalue weighted by molar-refractivity contribution is 0.0985. The van der Waals surface area contributed by atoms with Crippen molar-refractivity contribution < 1.29 is 4.79 Å². The van der Waals surface area contributed by atoms with Crippen LogP contribution in [0.1, 0.15) is 41.2 Å². The van der Waals surface area contributed by atoms with Crippen LogP contribution in [-0.2, 0) is 6.54 Å². The van der Waals surface area contributed by atoms with Gasteiger partial charge in [-0.15, -0.1) is 11.8 Å². The molecule has 0 aliphatic heterocycles. The summed E-state index contributed by atoms with van der Waals surface area (Å²) in [4.78, 5) is 21.4. The molecule has 0 spiro atoms. The molecule has 0 aliphatic carbocycles. The Balaban J connectivity index is 1.68. The lowest BCUT2D eigenvalue weighted by atomic mass is 10.2. The van der Waals surface area contributed by atoms with Gasteiger partial charge >= 0.3 is 0 Å². The second-order valence-corrected chi connectivity index (χ2v) is 11.4. The number of carbonyl (C=O) groups is 1. The van der Waals surface area contributed by atoms with Crippen LogP contribution in [0.25, 0.3) is 10.2 Å². The Morgan fingerprint density at radius 3 is 2.52 bits per heavy atom. The molecule has 0 saturated carbocycles. The Kier molecular flexibility index (Phi) is 7.12. The first kappa shape index (κ1) is 23.8. The van der Waals surface area contributed by atoms with Crippen LogP contribution in [-0.4, -0.2) is 32.5 Å². The summed E-state index contributed by atoms with van der Waals surface area (Å²) in [6, 6.07) is 13.7. The molecule has 0 fully saturated rings. The minimum atomic E-state index is -0.0690. The predicted octanol–water partition coefficient (Wildman–Crippen LogP) is 6.92. The molecule has 4 aromatic rings. The van der Waals surface area contributed by atoms with E-state index in [1.807, 2.05) is 67.9 Å². The molecule has 2 aromatic heterocycles. The lowest BCUT2D eigenvalue weighted by Crippen LogP contribution is -2.34. The fourth-order valence-electron chi connectivity index (χ4n) is 3.69. The van der Waals surface area contributed by atoms with Gasteiger partial charge in [-0.25, -0.2) is 4.98 Å². The van der Waals surface area contributed by atoms with Crippen molar-refractivity contribution in [3.8, 4) is 0 Å². The van der Waals surface area contributed by atoms with Gasteiger partial charge in [-0.2, -0.15) is 5.10 Å². The number of hydrogen-bond donors (Lipinski definition) is 0. The van der Waals surface area contributed by atoms with Crippen LogP contribution in [0.2, 0.25) is 5.02 Å². The summed E-state index contributed by atoms with van der Waals surface area (Å²) in [6.07, 6.45) is 0. The topological polar surface area (TPSA) is 51.0 Å². The van der Waals surface area contributed by atoms with Crippen LogP contribution >= 0.6 is 34.7 Å². The van der Waals surface area contributed by atoms with Crippen molar-refractivity contribution in [1.29, 1.82) is 0 Å². The van der Waals surface area contributed by atoms with Gasteiger partial charge in [0.25, 0.3) is 5.91 Å². The summed E-state index contributed by atoms with van der Waals surface area (Å²) in [7, 11) is 0. The molecule has 8 heteroatoms. The minimum absolute atomic E-state index is 0.0690. The summed E-state index contributed by atoms with van der Waals surface area (Å²) < 4.78 is 2.95. The van der Waals surface area contributed by atoms with Gasteiger partial charge < -0.3 is 0 Å². The van der Waals surface area contributed by atoms with Gasteiger partial charge in [0.1, 0.15) is 0 Å². The third kappa shape index (κ3) is 5.26. The highest BCUT2D eigenvalue weighted by Gasteiger charge is 2.22. The van der Waals surface area contributed by atoms with Gasteiger partial charge in [0.15, 0.2) is 5.13 Å². The van der Waals surface area contributed by atoms with E-state index in [0.717, 1.165) is 32.1 Å². The number of carbonyl (C=O) groups excluding carboxylic acids is 1. The molecular weight excluding hydrogens is 472 g/mol. The summed E-state index contributed by atoms with van der Waals surface area (Å²) >= 11 is 9.61. The number of hydrogen-bond acceptors (Lipinski definition) is 5. The van der Waals surface area contributed by atoms with Crippen LogP contribution in [0.5, 0.6) is 0 Å². The number of halogens is 1. The van der Waals surface area contributed by atoms with Crippen molar-refractivity contribution in [2.24, 2.45) is 0 Å². The zero-order valence-corrected chi connectivity index (χ0v) is 21.8. The number of aromatic nitrogens is 3. The van der Waals surface area contributed by atoms with E-state index in [1.165, 1.54) is 11.3 Å². The van der Waals surface area contributed by atoms with Crippen LogP contribution in [0.4, 0.5) is 5.13 Å². The van der Waals surface area contributed by atoms with E-state index in [-0.39, 0.29) is 5.91 Å². The standard InChI is InChI=1S/C25H27ClN4OS2/c1-15(2)32-20-8-6-19(7-9-20)24(31)29(12-13-30-17(4)14-16(3)28-30)25-27-23-18(5)21(26)10-11-22(23)33-25/h6-11,14-15H,12-13H2,1-5H3. The molecule has 2 heterocycles. The van der Waals surface area contributed by atoms with Crippen molar-refractivity contribution in [1.82, 2.24) is 14.8 Å². The first-order valence-electron chi connectivity index (χ1n) is 10.9. The molecular formula is C25H27ClN4OS2. The van der Waals surface area contributed by atoms with E-state index < -0.39 is 0 Å². The monoisotopic (exact) mass is 498 g/mol. The molecule has 2 aromatic carbocycles. The number of thiazole rings is 1. The SMILES string of the molecule is Cc1cc(C)n(CCN(C(=O)c2ccc(SC(C)C)cc2)c2nc3c(C)c(Cl)ccc3s2)n1. The Morgan fingerprint density at radius 2 is 1.88 bits per heavy atom. The van der Waals surface area contributed by atoms with Gasteiger partial charge in [-0.05, 0) is 68.8 Å². The highest BCUT2D eigenvalue weighted by atomic mass is 35.5. The summed E-state index contributed by atoms with van der Waals surface area (Å²) in [6.45, 7) is 11.3. The van der Waals surface area contributed by atoms with Crippen molar-refractivity contribution in [3.63, 3.8) is 0 Å². The molecule has 0 bridgehead atoms. The molecule has 172 valence electrons. The van der Waals surface area contributed by atoms with Gasteiger partial charge in [-0.1, -0.05) is 36.8 Å². The second kappa shape index (κ2) is 9.87. The van der Waals surface area contributed by atoms with E-state index in [9.17, 15) is 4.79 Å². The van der Waals surface area contributed by atoms with E-state index in [0.29, 0.717) is 34.1 Å². The molecule has 0 aliphatic rings. The quantitative estimate of drug-likeness (QED) is 0.259. The molecule has 0 N–H and O–H groups in total. The average Bonchev–Trinajstić information content (AvgIpc) is 3.34. The van der Waals surface area contributed by atoms with Gasteiger partial charge in [0, 0.05) is 33.0 Å². The predicted molar refractivity (Wildman–Crippen MR) is 140 cm³/mol. The van der Waals surface area contributed by atoms with Crippen molar-refractivity contribution in [3.05, 3.63) is 70.0 Å². The number of rotatable bonds is 7. The van der Waals surface area contributed by atoms with E-state index >= 15 is 0 Å². The minimum Gasteiger partial charge on any atom is -0.282 e. The van der Waals surface area contributed by atoms with Gasteiger partial charge in [0.05, 0.1) is 22.5 Å². The Hall–Kier alpha value is -2.35. The smallest absolute Gasteiger partial charge is 0.260 e. The molecule has 0 saturated heterocycles. The number of benzene rings is 2. The first-order valence-corrected chi connectivity index (χ1v) is 13.0. The molecule has 33 heavy (non-hydrogen) atoms. The Labute approximate surface area is 207 Å². The maximum atomic E-state index is 13.6. The third-order valence-electron chi connectivity index (χ3n) is 5.32. The number of aryl methyl sites for hydroxylation is 3. The van der Waals surface area contributed by atoms with E-state index in [4.69, 9.17) is 16.6 Å². The van der Waals surface area contributed by atoms with Gasteiger partial charge in [-0.3, -0.25) is 14.4 Å². The molecule has 0 radical (unpaired) electrons. The second-order valence-electron chi connectivity index (χ2n) is 8.31. The summed E-state index contributed by atoms with van der Waals surface area (Å²) in [5.74, 6) is -0.0690. The van der Waals surface area contributed by atoms with Gasteiger partial charge in [0.2, 0.25) is 0 Å². The maximum absolute atomic E-state index is 13.6.